The number of nitrogen functional groups attached to an aromatic ring is 1. The van der Waals surface area contributed by atoms with Crippen LogP contribution in [0.3, 0.4) is 0 Å². The lowest BCUT2D eigenvalue weighted by molar-refractivity contribution is -0.173. The summed E-state index contributed by atoms with van der Waals surface area (Å²) in [5.41, 5.74) is 7.35. The Hall–Kier alpha value is -1.43. The van der Waals surface area contributed by atoms with Crippen LogP contribution in [0.2, 0.25) is 0 Å². The van der Waals surface area contributed by atoms with Gasteiger partial charge in [0.05, 0.1) is 0 Å². The highest BCUT2D eigenvalue weighted by Crippen LogP contribution is 2.17. The molecule has 0 unspecified atom stereocenters. The third-order valence-corrected chi connectivity index (χ3v) is 2.73. The Bertz CT molecular complexity index is 379. The Morgan fingerprint density at radius 1 is 1.15 bits per heavy atom. The smallest absolute Gasteiger partial charge is 0.399 e. The standard InChI is InChI=1S/C14H21F3N2O/c1-2-8-19(13-6-4-12(18)5-7-13)9-3-10-20-11-14(15,16)17/h4-7H,2-3,8-11,18H2,1H3. The van der Waals surface area contributed by atoms with E-state index in [2.05, 4.69) is 16.6 Å². The van der Waals surface area contributed by atoms with Gasteiger partial charge in [-0.1, -0.05) is 6.92 Å². The van der Waals surface area contributed by atoms with E-state index in [9.17, 15) is 13.2 Å². The lowest BCUT2D eigenvalue weighted by Crippen LogP contribution is -2.26. The largest absolute Gasteiger partial charge is 0.411 e. The quantitative estimate of drug-likeness (QED) is 0.588. The van der Waals surface area contributed by atoms with Crippen molar-refractivity contribution in [2.75, 3.05) is 36.9 Å². The van der Waals surface area contributed by atoms with Gasteiger partial charge < -0.3 is 15.4 Å². The number of ether oxygens (including phenoxy) is 1. The van der Waals surface area contributed by atoms with Crippen molar-refractivity contribution in [1.29, 1.82) is 0 Å². The van der Waals surface area contributed by atoms with Crippen LogP contribution in [-0.2, 0) is 4.74 Å². The molecule has 1 aromatic rings. The molecule has 0 bridgehead atoms. The first-order chi connectivity index (χ1) is 9.42. The summed E-state index contributed by atoms with van der Waals surface area (Å²) < 4.78 is 40.4. The summed E-state index contributed by atoms with van der Waals surface area (Å²) >= 11 is 0. The van der Waals surface area contributed by atoms with Crippen molar-refractivity contribution in [1.82, 2.24) is 0 Å². The van der Waals surface area contributed by atoms with Gasteiger partial charge in [0.1, 0.15) is 6.61 Å². The van der Waals surface area contributed by atoms with E-state index >= 15 is 0 Å². The summed E-state index contributed by atoms with van der Waals surface area (Å²) in [6.07, 6.45) is -2.73. The van der Waals surface area contributed by atoms with Crippen molar-refractivity contribution >= 4 is 11.4 Å². The molecule has 0 heterocycles. The second kappa shape index (κ2) is 7.99. The Labute approximate surface area is 117 Å². The van der Waals surface area contributed by atoms with Crippen molar-refractivity contribution in [3.05, 3.63) is 24.3 Å². The summed E-state index contributed by atoms with van der Waals surface area (Å²) in [5, 5.41) is 0. The minimum atomic E-state index is -4.25. The molecule has 0 amide bonds. The molecule has 1 aromatic carbocycles. The van der Waals surface area contributed by atoms with Crippen LogP contribution in [0.15, 0.2) is 24.3 Å². The van der Waals surface area contributed by atoms with Gasteiger partial charge in [0, 0.05) is 31.1 Å². The van der Waals surface area contributed by atoms with Crippen molar-refractivity contribution in [3.8, 4) is 0 Å². The van der Waals surface area contributed by atoms with E-state index in [0.29, 0.717) is 18.7 Å². The Kier molecular flexibility index (Phi) is 6.64. The average molecular weight is 290 g/mol. The minimum Gasteiger partial charge on any atom is -0.399 e. The zero-order valence-electron chi connectivity index (χ0n) is 11.6. The molecular weight excluding hydrogens is 269 g/mol. The van der Waals surface area contributed by atoms with Crippen molar-refractivity contribution < 1.29 is 17.9 Å². The third-order valence-electron chi connectivity index (χ3n) is 2.73. The highest BCUT2D eigenvalue weighted by molar-refractivity contribution is 5.53. The zero-order valence-corrected chi connectivity index (χ0v) is 11.6. The van der Waals surface area contributed by atoms with E-state index in [1.54, 1.807) is 0 Å². The molecule has 0 aromatic heterocycles. The van der Waals surface area contributed by atoms with E-state index < -0.39 is 12.8 Å². The highest BCUT2D eigenvalue weighted by atomic mass is 19.4. The first-order valence-electron chi connectivity index (χ1n) is 6.67. The second-order valence-corrected chi connectivity index (χ2v) is 4.60. The van der Waals surface area contributed by atoms with Gasteiger partial charge in [0.2, 0.25) is 0 Å². The summed E-state index contributed by atoms with van der Waals surface area (Å²) in [5.74, 6) is 0. The monoisotopic (exact) mass is 290 g/mol. The topological polar surface area (TPSA) is 38.5 Å². The number of benzene rings is 1. The number of anilines is 2. The van der Waals surface area contributed by atoms with Gasteiger partial charge in [0.15, 0.2) is 0 Å². The Morgan fingerprint density at radius 2 is 1.80 bits per heavy atom. The van der Waals surface area contributed by atoms with Crippen molar-refractivity contribution in [3.63, 3.8) is 0 Å². The van der Waals surface area contributed by atoms with Crippen LogP contribution >= 0.6 is 0 Å². The maximum Gasteiger partial charge on any atom is 0.411 e. The van der Waals surface area contributed by atoms with Crippen LogP contribution in [0.25, 0.3) is 0 Å². The van der Waals surface area contributed by atoms with Crippen LogP contribution in [0.5, 0.6) is 0 Å². The van der Waals surface area contributed by atoms with E-state index in [-0.39, 0.29) is 6.61 Å². The fraction of sp³-hybridized carbons (Fsp3) is 0.571. The highest BCUT2D eigenvalue weighted by Gasteiger charge is 2.27. The van der Waals surface area contributed by atoms with Gasteiger partial charge in [-0.25, -0.2) is 0 Å². The van der Waals surface area contributed by atoms with Gasteiger partial charge in [-0.15, -0.1) is 0 Å². The van der Waals surface area contributed by atoms with Crippen LogP contribution in [0.1, 0.15) is 19.8 Å². The van der Waals surface area contributed by atoms with E-state index in [0.717, 1.165) is 18.7 Å². The van der Waals surface area contributed by atoms with E-state index in [4.69, 9.17) is 5.73 Å². The number of halogens is 3. The molecule has 0 radical (unpaired) electrons. The molecule has 20 heavy (non-hydrogen) atoms. The number of alkyl halides is 3. The fourth-order valence-electron chi connectivity index (χ4n) is 1.87. The van der Waals surface area contributed by atoms with Gasteiger partial charge in [0.25, 0.3) is 0 Å². The predicted octanol–water partition coefficient (Wildman–Crippen LogP) is 3.45. The molecule has 0 fully saturated rings. The molecule has 0 saturated heterocycles. The number of rotatable bonds is 8. The van der Waals surface area contributed by atoms with Crippen LogP contribution in [-0.4, -0.2) is 32.5 Å². The summed E-state index contributed by atoms with van der Waals surface area (Å²) in [7, 11) is 0. The molecule has 114 valence electrons. The summed E-state index contributed by atoms with van der Waals surface area (Å²) in [6, 6.07) is 7.47. The number of nitrogens with zero attached hydrogens (tertiary/aromatic N) is 1. The lowest BCUT2D eigenvalue weighted by Gasteiger charge is -2.24. The maximum atomic E-state index is 11.9. The first kappa shape index (κ1) is 16.6. The second-order valence-electron chi connectivity index (χ2n) is 4.60. The molecule has 6 heteroatoms. The van der Waals surface area contributed by atoms with Crippen LogP contribution in [0.4, 0.5) is 24.5 Å². The number of hydrogen-bond donors (Lipinski definition) is 1. The normalized spacial score (nSPS) is 11.6. The molecular formula is C14H21F3N2O. The SMILES string of the molecule is CCCN(CCCOCC(F)(F)F)c1ccc(N)cc1. The third kappa shape index (κ3) is 6.65. The van der Waals surface area contributed by atoms with Crippen molar-refractivity contribution in [2.24, 2.45) is 0 Å². The molecule has 0 spiro atoms. The first-order valence-corrected chi connectivity index (χ1v) is 6.67. The van der Waals surface area contributed by atoms with Gasteiger partial charge in [-0.2, -0.15) is 13.2 Å². The molecule has 0 saturated carbocycles. The molecule has 3 nitrogen and oxygen atoms in total. The summed E-state index contributed by atoms with van der Waals surface area (Å²) in [6.45, 7) is 2.50. The van der Waals surface area contributed by atoms with Crippen LogP contribution in [0, 0.1) is 0 Å². The van der Waals surface area contributed by atoms with Crippen LogP contribution < -0.4 is 10.6 Å². The molecule has 0 atom stereocenters. The van der Waals surface area contributed by atoms with Gasteiger partial charge >= 0.3 is 6.18 Å². The Balaban J connectivity index is 2.38. The Morgan fingerprint density at radius 3 is 2.35 bits per heavy atom. The van der Waals surface area contributed by atoms with Gasteiger partial charge in [-0.3, -0.25) is 0 Å². The molecule has 0 aliphatic heterocycles. The molecule has 1 rings (SSSR count). The molecule has 0 aliphatic carbocycles. The lowest BCUT2D eigenvalue weighted by atomic mass is 10.2. The number of hydrogen-bond acceptors (Lipinski definition) is 3. The van der Waals surface area contributed by atoms with Crippen molar-refractivity contribution in [2.45, 2.75) is 25.9 Å². The van der Waals surface area contributed by atoms with E-state index in [1.807, 2.05) is 24.3 Å². The molecule has 2 N–H and O–H groups in total. The average Bonchev–Trinajstić information content (AvgIpc) is 2.37. The maximum absolute atomic E-state index is 11.9. The molecule has 0 aliphatic rings. The predicted molar refractivity (Wildman–Crippen MR) is 74.8 cm³/mol. The minimum absolute atomic E-state index is 0.106. The fourth-order valence-corrected chi connectivity index (χ4v) is 1.87. The number of nitrogens with two attached hydrogens (primary N) is 1. The van der Waals surface area contributed by atoms with E-state index in [1.165, 1.54) is 0 Å². The van der Waals surface area contributed by atoms with Gasteiger partial charge in [-0.05, 0) is 37.1 Å². The summed E-state index contributed by atoms with van der Waals surface area (Å²) in [4.78, 5) is 2.12. The zero-order chi connectivity index (χ0) is 15.0.